The third kappa shape index (κ3) is 12.3. The van der Waals surface area contributed by atoms with Crippen molar-refractivity contribution in [3.63, 3.8) is 0 Å². The van der Waals surface area contributed by atoms with Crippen LogP contribution in [0.4, 0.5) is 0 Å². The summed E-state index contributed by atoms with van der Waals surface area (Å²) < 4.78 is 0.669. The van der Waals surface area contributed by atoms with Gasteiger partial charge in [0, 0.05) is 12.0 Å². The molecule has 0 aromatic carbocycles. The lowest BCUT2D eigenvalue weighted by Gasteiger charge is -2.30. The summed E-state index contributed by atoms with van der Waals surface area (Å²) in [6, 6.07) is 0. The lowest BCUT2D eigenvalue weighted by Crippen LogP contribution is -2.48. The van der Waals surface area contributed by atoms with Gasteiger partial charge in [-0.3, -0.25) is 0 Å². The van der Waals surface area contributed by atoms with Crippen LogP contribution in [0.1, 0.15) is 110 Å². The molecule has 1 N–H and O–H groups in total. The van der Waals surface area contributed by atoms with Gasteiger partial charge in [0.2, 0.25) is 5.84 Å². The average molecular weight is 440 g/mol. The van der Waals surface area contributed by atoms with Crippen LogP contribution in [0, 0.1) is 0 Å². The predicted molar refractivity (Wildman–Crippen MR) is 133 cm³/mol. The van der Waals surface area contributed by atoms with E-state index < -0.39 is 0 Å². The van der Waals surface area contributed by atoms with Gasteiger partial charge in [0.25, 0.3) is 0 Å². The van der Waals surface area contributed by atoms with Gasteiger partial charge in [-0.05, 0) is 25.7 Å². The minimum atomic E-state index is 0.178. The number of aliphatic hydroxyl groups excluding tert-OH is 1. The van der Waals surface area contributed by atoms with Crippen LogP contribution in [0.25, 0.3) is 0 Å². The van der Waals surface area contributed by atoms with Crippen molar-refractivity contribution >= 4 is 17.4 Å². The van der Waals surface area contributed by atoms with E-state index in [1.54, 1.807) is 0 Å². The molecule has 0 saturated heterocycles. The summed E-state index contributed by atoms with van der Waals surface area (Å²) in [4.78, 5) is 4.57. The van der Waals surface area contributed by atoms with Crippen molar-refractivity contribution in [1.29, 1.82) is 0 Å². The van der Waals surface area contributed by atoms with Crippen molar-refractivity contribution < 1.29 is 9.59 Å². The number of quaternary nitrogens is 1. The van der Waals surface area contributed by atoms with Crippen LogP contribution in [-0.4, -0.2) is 41.0 Å². The molecule has 4 heteroatoms. The van der Waals surface area contributed by atoms with E-state index in [2.05, 4.69) is 30.3 Å². The molecule has 1 heterocycles. The maximum absolute atomic E-state index is 9.52. The summed E-state index contributed by atoms with van der Waals surface area (Å²) in [6.07, 6.45) is 29.8. The summed E-state index contributed by atoms with van der Waals surface area (Å²) in [5, 5.41) is 9.52. The van der Waals surface area contributed by atoms with Crippen LogP contribution in [0.15, 0.2) is 29.5 Å². The molecular formula is C26H48ClN2O+. The molecule has 0 saturated carbocycles. The summed E-state index contributed by atoms with van der Waals surface area (Å²) in [7, 11) is 0. The molecule has 0 bridgehead atoms. The fourth-order valence-corrected chi connectivity index (χ4v) is 4.43. The van der Waals surface area contributed by atoms with Crippen molar-refractivity contribution in [2.45, 2.75) is 110 Å². The molecule has 1 atom stereocenters. The highest BCUT2D eigenvalue weighted by molar-refractivity contribution is 6.17. The van der Waals surface area contributed by atoms with E-state index in [1.165, 1.54) is 83.5 Å². The van der Waals surface area contributed by atoms with Crippen LogP contribution >= 0.6 is 11.6 Å². The van der Waals surface area contributed by atoms with E-state index in [4.69, 9.17) is 11.6 Å². The Kier molecular flexibility index (Phi) is 17.4. The monoisotopic (exact) mass is 439 g/mol. The Hall–Kier alpha value is -0.640. The molecular weight excluding hydrogens is 392 g/mol. The van der Waals surface area contributed by atoms with Crippen molar-refractivity contribution in [2.75, 3.05) is 25.6 Å². The number of aliphatic imine (C=N–C) groups is 1. The predicted octanol–water partition coefficient (Wildman–Crippen LogP) is 7.74. The van der Waals surface area contributed by atoms with E-state index in [-0.39, 0.29) is 6.61 Å². The summed E-state index contributed by atoms with van der Waals surface area (Å²) >= 11 is 5.83. The largest absolute Gasteiger partial charge is 0.390 e. The van der Waals surface area contributed by atoms with Crippen molar-refractivity contribution in [3.05, 3.63) is 24.6 Å². The van der Waals surface area contributed by atoms with Crippen LogP contribution in [0.5, 0.6) is 0 Å². The third-order valence-electron chi connectivity index (χ3n) is 6.20. The fourth-order valence-electron chi connectivity index (χ4n) is 4.25. The number of halogens is 1. The zero-order valence-electron chi connectivity index (χ0n) is 19.7. The van der Waals surface area contributed by atoms with Gasteiger partial charge in [0.1, 0.15) is 12.7 Å². The van der Waals surface area contributed by atoms with Crippen LogP contribution in [-0.2, 0) is 0 Å². The van der Waals surface area contributed by atoms with Crippen LogP contribution < -0.4 is 0 Å². The van der Waals surface area contributed by atoms with Crippen LogP contribution in [0.2, 0.25) is 0 Å². The molecule has 0 fully saturated rings. The quantitative estimate of drug-likeness (QED) is 0.111. The Balaban J connectivity index is 2.06. The molecule has 174 valence electrons. The maximum Gasteiger partial charge on any atom is 0.232 e. The van der Waals surface area contributed by atoms with E-state index in [1.807, 2.05) is 6.20 Å². The van der Waals surface area contributed by atoms with E-state index in [9.17, 15) is 5.11 Å². The number of hydrogen-bond donors (Lipinski definition) is 1. The van der Waals surface area contributed by atoms with Gasteiger partial charge >= 0.3 is 0 Å². The summed E-state index contributed by atoms with van der Waals surface area (Å²) in [5.74, 6) is 1.76. The first kappa shape index (κ1) is 27.4. The molecule has 0 aromatic heterocycles. The maximum atomic E-state index is 9.52. The van der Waals surface area contributed by atoms with Gasteiger partial charge in [-0.15, -0.1) is 11.6 Å². The second-order valence-corrected chi connectivity index (χ2v) is 9.20. The van der Waals surface area contributed by atoms with Gasteiger partial charge in [-0.1, -0.05) is 90.0 Å². The molecule has 0 radical (unpaired) electrons. The number of amidine groups is 1. The van der Waals surface area contributed by atoms with Crippen LogP contribution in [0.3, 0.4) is 0 Å². The number of unbranched alkanes of at least 4 members (excludes halogenated alkanes) is 14. The van der Waals surface area contributed by atoms with E-state index >= 15 is 0 Å². The number of rotatable bonds is 21. The van der Waals surface area contributed by atoms with E-state index in [0.29, 0.717) is 16.9 Å². The van der Waals surface area contributed by atoms with Gasteiger partial charge in [-0.2, -0.15) is 4.99 Å². The topological polar surface area (TPSA) is 32.6 Å². The smallest absolute Gasteiger partial charge is 0.232 e. The second-order valence-electron chi connectivity index (χ2n) is 8.82. The number of allylic oxidation sites excluding steroid dienone is 1. The molecule has 1 aliphatic rings. The van der Waals surface area contributed by atoms with Gasteiger partial charge in [0.15, 0.2) is 0 Å². The zero-order valence-corrected chi connectivity index (χ0v) is 20.4. The molecule has 30 heavy (non-hydrogen) atoms. The van der Waals surface area contributed by atoms with Gasteiger partial charge < -0.3 is 5.11 Å². The number of aliphatic hydroxyl groups is 1. The standard InChI is InChI=1S/C26H48ClN2O/c1-2-3-4-5-6-7-8-9-10-11-12-13-14-15-16-19-26-28-21-23-29(26,24-25-30)22-18-17-20-27/h16,19,21,23,30H,2-15,17-18,20,22,24-25H2,1H3/q+1. The number of nitrogens with zero attached hydrogens (tertiary/aromatic N) is 2. The van der Waals surface area contributed by atoms with Crippen molar-refractivity contribution in [2.24, 2.45) is 4.99 Å². The van der Waals surface area contributed by atoms with Gasteiger partial charge in [-0.25, -0.2) is 4.48 Å². The Labute approximate surface area is 191 Å². The first-order valence-electron chi connectivity index (χ1n) is 12.8. The summed E-state index contributed by atoms with van der Waals surface area (Å²) in [5.41, 5.74) is 0. The second kappa shape index (κ2) is 19.1. The molecule has 0 amide bonds. The first-order chi connectivity index (χ1) is 14.8. The minimum absolute atomic E-state index is 0.178. The molecule has 0 spiro atoms. The molecule has 1 unspecified atom stereocenters. The number of hydrogen-bond acceptors (Lipinski definition) is 2. The molecule has 1 rings (SSSR count). The highest BCUT2D eigenvalue weighted by Crippen LogP contribution is 2.20. The molecule has 3 nitrogen and oxygen atoms in total. The van der Waals surface area contributed by atoms with Crippen molar-refractivity contribution in [3.8, 4) is 0 Å². The SMILES string of the molecule is CCCCCCCCCCCCCCCC=CC1=NC=C[N+]1(CCO)CCCCCl. The third-order valence-corrected chi connectivity index (χ3v) is 6.46. The summed E-state index contributed by atoms with van der Waals surface area (Å²) in [6.45, 7) is 4.12. The lowest BCUT2D eigenvalue weighted by atomic mass is 10.0. The zero-order chi connectivity index (χ0) is 21.8. The average Bonchev–Trinajstić information content (AvgIpc) is 3.13. The normalized spacial score (nSPS) is 18.6. The molecule has 0 aliphatic carbocycles. The lowest BCUT2D eigenvalue weighted by molar-refractivity contribution is -0.786. The molecule has 1 aliphatic heterocycles. The Morgan fingerprint density at radius 2 is 1.43 bits per heavy atom. The fraction of sp³-hybridized carbons (Fsp3) is 0.808. The minimum Gasteiger partial charge on any atom is -0.390 e. The first-order valence-corrected chi connectivity index (χ1v) is 13.3. The Morgan fingerprint density at radius 3 is 2.00 bits per heavy atom. The number of alkyl halides is 1. The van der Waals surface area contributed by atoms with Crippen molar-refractivity contribution in [1.82, 2.24) is 0 Å². The highest BCUT2D eigenvalue weighted by atomic mass is 35.5. The van der Waals surface area contributed by atoms with Gasteiger partial charge in [0.05, 0.1) is 19.4 Å². The Bertz CT molecular complexity index is 489. The molecule has 0 aromatic rings. The Morgan fingerprint density at radius 1 is 0.833 bits per heavy atom. The highest BCUT2D eigenvalue weighted by Gasteiger charge is 2.32. The van der Waals surface area contributed by atoms with E-state index in [0.717, 1.165) is 31.6 Å².